The Hall–Kier alpha value is -1.59. The molecule has 1 aromatic carbocycles. The first-order valence-corrected chi connectivity index (χ1v) is 6.11. The molecule has 1 heterocycles. The van der Waals surface area contributed by atoms with E-state index in [1.54, 1.807) is 24.1 Å². The summed E-state index contributed by atoms with van der Waals surface area (Å²) in [4.78, 5) is 13.7. The van der Waals surface area contributed by atoms with E-state index in [0.29, 0.717) is 18.7 Å². The van der Waals surface area contributed by atoms with Gasteiger partial charge in [0.25, 0.3) is 0 Å². The second-order valence-electron chi connectivity index (χ2n) is 4.45. The molecule has 5 heteroatoms. The second kappa shape index (κ2) is 5.84. The van der Waals surface area contributed by atoms with Gasteiger partial charge in [0.2, 0.25) is 5.91 Å². The zero-order valence-corrected chi connectivity index (χ0v) is 10.6. The summed E-state index contributed by atoms with van der Waals surface area (Å²) in [6, 6.07) is 7.26. The Kier molecular flexibility index (Phi) is 4.17. The van der Waals surface area contributed by atoms with Crippen LogP contribution in [-0.2, 0) is 9.53 Å². The SMILES string of the molecule is CN(C(=O)CC1CNCCO1)c1ccc(N)cc1. The zero-order chi connectivity index (χ0) is 13.0. The molecule has 1 aromatic rings. The van der Waals surface area contributed by atoms with Crippen molar-refractivity contribution in [2.24, 2.45) is 0 Å². The molecule has 1 fully saturated rings. The molecule has 0 radical (unpaired) electrons. The lowest BCUT2D eigenvalue weighted by Gasteiger charge is -2.25. The predicted molar refractivity (Wildman–Crippen MR) is 71.5 cm³/mol. The molecule has 2 rings (SSSR count). The molecular formula is C13H19N3O2. The molecule has 98 valence electrons. The Balaban J connectivity index is 1.93. The number of anilines is 2. The van der Waals surface area contributed by atoms with Crippen molar-refractivity contribution in [2.75, 3.05) is 37.4 Å². The summed E-state index contributed by atoms with van der Waals surface area (Å²) in [6.07, 6.45) is 0.371. The first kappa shape index (κ1) is 12.9. The quantitative estimate of drug-likeness (QED) is 0.770. The van der Waals surface area contributed by atoms with E-state index in [0.717, 1.165) is 18.8 Å². The lowest BCUT2D eigenvalue weighted by molar-refractivity contribution is -0.121. The molecule has 0 spiro atoms. The van der Waals surface area contributed by atoms with Crippen molar-refractivity contribution in [1.82, 2.24) is 5.32 Å². The number of nitrogen functional groups attached to an aromatic ring is 1. The van der Waals surface area contributed by atoms with Crippen molar-refractivity contribution in [3.63, 3.8) is 0 Å². The van der Waals surface area contributed by atoms with Crippen molar-refractivity contribution in [1.29, 1.82) is 0 Å². The third kappa shape index (κ3) is 3.21. The summed E-state index contributed by atoms with van der Waals surface area (Å²) < 4.78 is 5.52. The highest BCUT2D eigenvalue weighted by atomic mass is 16.5. The van der Waals surface area contributed by atoms with Gasteiger partial charge in [-0.25, -0.2) is 0 Å². The summed E-state index contributed by atoms with van der Waals surface area (Å²) in [6.45, 7) is 2.27. The van der Waals surface area contributed by atoms with Crippen LogP contribution in [0.15, 0.2) is 24.3 Å². The summed E-state index contributed by atoms with van der Waals surface area (Å²) in [7, 11) is 1.77. The van der Waals surface area contributed by atoms with E-state index in [1.165, 1.54) is 0 Å². The number of hydrogen-bond donors (Lipinski definition) is 2. The van der Waals surface area contributed by atoms with Crippen LogP contribution in [0, 0.1) is 0 Å². The Bertz CT molecular complexity index is 399. The molecular weight excluding hydrogens is 230 g/mol. The average Bonchev–Trinajstić information content (AvgIpc) is 2.40. The van der Waals surface area contributed by atoms with Gasteiger partial charge in [-0.1, -0.05) is 0 Å². The fraction of sp³-hybridized carbons (Fsp3) is 0.462. The molecule has 1 aliphatic heterocycles. The van der Waals surface area contributed by atoms with Crippen molar-refractivity contribution in [2.45, 2.75) is 12.5 Å². The smallest absolute Gasteiger partial charge is 0.229 e. The number of hydrogen-bond acceptors (Lipinski definition) is 4. The topological polar surface area (TPSA) is 67.6 Å². The molecule has 0 saturated carbocycles. The van der Waals surface area contributed by atoms with Gasteiger partial charge in [0.1, 0.15) is 0 Å². The van der Waals surface area contributed by atoms with Crippen LogP contribution < -0.4 is 16.0 Å². The molecule has 1 aliphatic rings. The van der Waals surface area contributed by atoms with Gasteiger partial charge in [-0.3, -0.25) is 4.79 Å². The van der Waals surface area contributed by atoms with E-state index in [-0.39, 0.29) is 12.0 Å². The molecule has 3 N–H and O–H groups in total. The average molecular weight is 249 g/mol. The molecule has 0 bridgehead atoms. The minimum absolute atomic E-state index is 0.0255. The van der Waals surface area contributed by atoms with Gasteiger partial charge in [-0.15, -0.1) is 0 Å². The highest BCUT2D eigenvalue weighted by Crippen LogP contribution is 2.16. The van der Waals surface area contributed by atoms with Crippen molar-refractivity contribution in [3.8, 4) is 0 Å². The fourth-order valence-electron chi connectivity index (χ4n) is 1.92. The summed E-state index contributed by atoms with van der Waals surface area (Å²) >= 11 is 0. The van der Waals surface area contributed by atoms with E-state index < -0.39 is 0 Å². The van der Waals surface area contributed by atoms with Crippen LogP contribution in [0.2, 0.25) is 0 Å². The van der Waals surface area contributed by atoms with Gasteiger partial charge in [0.05, 0.1) is 19.1 Å². The lowest BCUT2D eigenvalue weighted by atomic mass is 10.2. The maximum Gasteiger partial charge on any atom is 0.229 e. The summed E-state index contributed by atoms with van der Waals surface area (Å²) in [5.41, 5.74) is 7.16. The number of amides is 1. The van der Waals surface area contributed by atoms with Gasteiger partial charge in [-0.2, -0.15) is 0 Å². The Morgan fingerprint density at radius 1 is 1.50 bits per heavy atom. The Morgan fingerprint density at radius 2 is 2.22 bits per heavy atom. The van der Waals surface area contributed by atoms with E-state index >= 15 is 0 Å². The zero-order valence-electron chi connectivity index (χ0n) is 10.6. The molecule has 1 unspecified atom stereocenters. The van der Waals surface area contributed by atoms with Crippen LogP contribution in [0.3, 0.4) is 0 Å². The van der Waals surface area contributed by atoms with Gasteiger partial charge < -0.3 is 20.7 Å². The minimum Gasteiger partial charge on any atom is -0.399 e. The summed E-state index contributed by atoms with van der Waals surface area (Å²) in [5.74, 6) is 0.0495. The number of nitrogens with one attached hydrogen (secondary N) is 1. The molecule has 1 saturated heterocycles. The number of ether oxygens (including phenoxy) is 1. The van der Waals surface area contributed by atoms with Crippen LogP contribution in [0.4, 0.5) is 11.4 Å². The van der Waals surface area contributed by atoms with Crippen molar-refractivity contribution < 1.29 is 9.53 Å². The standard InChI is InChI=1S/C13H19N3O2/c1-16(11-4-2-10(14)3-5-11)13(17)8-12-9-15-6-7-18-12/h2-5,12,15H,6-9,14H2,1H3. The first-order valence-electron chi connectivity index (χ1n) is 6.11. The van der Waals surface area contributed by atoms with E-state index in [4.69, 9.17) is 10.5 Å². The van der Waals surface area contributed by atoms with Crippen LogP contribution in [-0.4, -0.2) is 38.8 Å². The van der Waals surface area contributed by atoms with Crippen molar-refractivity contribution in [3.05, 3.63) is 24.3 Å². The Morgan fingerprint density at radius 3 is 2.83 bits per heavy atom. The number of rotatable bonds is 3. The number of carbonyl (C=O) groups is 1. The number of morpholine rings is 1. The van der Waals surface area contributed by atoms with Gasteiger partial charge in [0.15, 0.2) is 0 Å². The third-order valence-corrected chi connectivity index (χ3v) is 3.06. The highest BCUT2D eigenvalue weighted by Gasteiger charge is 2.20. The first-order chi connectivity index (χ1) is 8.66. The van der Waals surface area contributed by atoms with Crippen molar-refractivity contribution >= 4 is 17.3 Å². The second-order valence-corrected chi connectivity index (χ2v) is 4.45. The summed E-state index contributed by atoms with van der Waals surface area (Å²) in [5, 5.41) is 3.21. The van der Waals surface area contributed by atoms with Crippen LogP contribution in [0.5, 0.6) is 0 Å². The minimum atomic E-state index is -0.0255. The molecule has 1 amide bonds. The molecule has 18 heavy (non-hydrogen) atoms. The van der Waals surface area contributed by atoms with Crippen LogP contribution in [0.1, 0.15) is 6.42 Å². The largest absolute Gasteiger partial charge is 0.399 e. The maximum atomic E-state index is 12.1. The lowest BCUT2D eigenvalue weighted by Crippen LogP contribution is -2.41. The fourth-order valence-corrected chi connectivity index (χ4v) is 1.92. The van der Waals surface area contributed by atoms with Gasteiger partial charge in [-0.05, 0) is 24.3 Å². The molecule has 0 aliphatic carbocycles. The van der Waals surface area contributed by atoms with E-state index in [9.17, 15) is 4.79 Å². The predicted octanol–water partition coefficient (Wildman–Crippen LogP) is 0.610. The number of carbonyl (C=O) groups excluding carboxylic acids is 1. The van der Waals surface area contributed by atoms with E-state index in [1.807, 2.05) is 12.1 Å². The third-order valence-electron chi connectivity index (χ3n) is 3.06. The number of nitrogens with two attached hydrogens (primary N) is 1. The highest BCUT2D eigenvalue weighted by molar-refractivity contribution is 5.93. The molecule has 5 nitrogen and oxygen atoms in total. The maximum absolute atomic E-state index is 12.1. The Labute approximate surface area is 107 Å². The van der Waals surface area contributed by atoms with Gasteiger partial charge in [0, 0.05) is 31.5 Å². The molecule has 0 aromatic heterocycles. The van der Waals surface area contributed by atoms with E-state index in [2.05, 4.69) is 5.32 Å². The van der Waals surface area contributed by atoms with Crippen LogP contribution in [0.25, 0.3) is 0 Å². The van der Waals surface area contributed by atoms with Gasteiger partial charge >= 0.3 is 0 Å². The number of nitrogens with zero attached hydrogens (tertiary/aromatic N) is 1. The van der Waals surface area contributed by atoms with Crippen LogP contribution >= 0.6 is 0 Å². The number of benzene rings is 1. The molecule has 1 atom stereocenters. The normalized spacial score (nSPS) is 19.5. The monoisotopic (exact) mass is 249 g/mol.